The molecule has 0 aliphatic heterocycles. The van der Waals surface area contributed by atoms with E-state index < -0.39 is 5.82 Å². The number of carbonyl (C=O) groups is 1. The molecule has 0 bridgehead atoms. The predicted molar refractivity (Wildman–Crippen MR) is 55.2 cm³/mol. The standard InChI is InChI=1S/C10H3FN6O/c11-4-1-2-5-6(3-4)9(18)8-7(5)14-17-10(12-8)13-15-16-17/h1-3H. The van der Waals surface area contributed by atoms with Gasteiger partial charge in [0, 0.05) is 11.1 Å². The summed E-state index contributed by atoms with van der Waals surface area (Å²) in [6.07, 6.45) is 0. The number of fused-ring (bicyclic) bond motifs is 4. The smallest absolute Gasteiger partial charge is 0.287 e. The van der Waals surface area contributed by atoms with Crippen molar-refractivity contribution in [2.45, 2.75) is 0 Å². The van der Waals surface area contributed by atoms with Gasteiger partial charge in [-0.05, 0) is 28.6 Å². The number of aromatic nitrogens is 6. The molecule has 2 aromatic heterocycles. The van der Waals surface area contributed by atoms with Gasteiger partial charge in [-0.25, -0.2) is 9.37 Å². The van der Waals surface area contributed by atoms with Crippen molar-refractivity contribution in [2.75, 3.05) is 0 Å². The van der Waals surface area contributed by atoms with E-state index in [0.29, 0.717) is 11.3 Å². The van der Waals surface area contributed by atoms with Crippen LogP contribution in [0.2, 0.25) is 0 Å². The molecule has 1 aromatic carbocycles. The van der Waals surface area contributed by atoms with E-state index in [2.05, 4.69) is 25.6 Å². The van der Waals surface area contributed by atoms with Gasteiger partial charge in [-0.2, -0.15) is 0 Å². The minimum atomic E-state index is -0.473. The second-order valence-electron chi connectivity index (χ2n) is 3.80. The van der Waals surface area contributed by atoms with E-state index in [-0.39, 0.29) is 22.8 Å². The van der Waals surface area contributed by atoms with Crippen molar-refractivity contribution in [1.29, 1.82) is 0 Å². The Hall–Kier alpha value is -2.77. The summed E-state index contributed by atoms with van der Waals surface area (Å²) in [5.41, 5.74) is 1.32. The summed E-state index contributed by atoms with van der Waals surface area (Å²) >= 11 is 0. The van der Waals surface area contributed by atoms with Crippen LogP contribution in [0, 0.1) is 5.82 Å². The minimum absolute atomic E-state index is 0.135. The number of halogens is 1. The summed E-state index contributed by atoms with van der Waals surface area (Å²) in [4.78, 5) is 16.1. The van der Waals surface area contributed by atoms with Gasteiger partial charge in [-0.1, -0.05) is 9.73 Å². The van der Waals surface area contributed by atoms with Crippen LogP contribution in [0.15, 0.2) is 18.2 Å². The second kappa shape index (κ2) is 2.92. The van der Waals surface area contributed by atoms with Crippen molar-refractivity contribution < 1.29 is 9.18 Å². The average molecular weight is 242 g/mol. The fourth-order valence-corrected chi connectivity index (χ4v) is 1.98. The third kappa shape index (κ3) is 1.01. The Morgan fingerprint density at radius 1 is 1.17 bits per heavy atom. The zero-order valence-electron chi connectivity index (χ0n) is 8.70. The lowest BCUT2D eigenvalue weighted by molar-refractivity contribution is 0.103. The lowest BCUT2D eigenvalue weighted by Crippen LogP contribution is -2.04. The molecule has 0 N–H and O–H groups in total. The summed E-state index contributed by atoms with van der Waals surface area (Å²) in [6, 6.07) is 3.95. The van der Waals surface area contributed by atoms with Crippen molar-refractivity contribution in [3.05, 3.63) is 35.3 Å². The maximum atomic E-state index is 13.1. The lowest BCUT2D eigenvalue weighted by Gasteiger charge is -1.97. The van der Waals surface area contributed by atoms with Crippen LogP contribution in [0.4, 0.5) is 4.39 Å². The Balaban J connectivity index is 2.12. The van der Waals surface area contributed by atoms with Gasteiger partial charge in [0.05, 0.1) is 0 Å². The molecule has 8 heteroatoms. The molecule has 0 atom stereocenters. The quantitative estimate of drug-likeness (QED) is 0.439. The normalized spacial score (nSPS) is 12.8. The molecule has 1 aliphatic rings. The summed E-state index contributed by atoms with van der Waals surface area (Å²) in [5.74, 6) is -0.702. The first-order valence-electron chi connectivity index (χ1n) is 5.05. The van der Waals surface area contributed by atoms with Gasteiger partial charge < -0.3 is 0 Å². The average Bonchev–Trinajstić information content (AvgIpc) is 2.92. The summed E-state index contributed by atoms with van der Waals surface area (Å²) < 4.78 is 14.3. The van der Waals surface area contributed by atoms with Gasteiger partial charge >= 0.3 is 0 Å². The van der Waals surface area contributed by atoms with Crippen LogP contribution in [-0.4, -0.2) is 36.0 Å². The Bertz CT molecular complexity index is 826. The van der Waals surface area contributed by atoms with Crippen LogP contribution in [0.5, 0.6) is 0 Å². The zero-order valence-corrected chi connectivity index (χ0v) is 8.70. The molecule has 1 aliphatic carbocycles. The van der Waals surface area contributed by atoms with Crippen LogP contribution < -0.4 is 0 Å². The molecule has 0 saturated heterocycles. The lowest BCUT2D eigenvalue weighted by atomic mass is 10.1. The molecule has 86 valence electrons. The molecule has 3 aromatic rings. The van der Waals surface area contributed by atoms with Crippen molar-refractivity contribution in [2.24, 2.45) is 0 Å². The molecule has 2 heterocycles. The number of tetrazole rings is 1. The highest BCUT2D eigenvalue weighted by Gasteiger charge is 2.31. The highest BCUT2D eigenvalue weighted by molar-refractivity contribution is 6.19. The van der Waals surface area contributed by atoms with Gasteiger partial charge in [0.2, 0.25) is 5.78 Å². The SMILES string of the molecule is O=C1c2cc(F)ccc2-c2nn3nnnc3nc21. The highest BCUT2D eigenvalue weighted by atomic mass is 19.1. The Labute approximate surface area is 98.3 Å². The van der Waals surface area contributed by atoms with Gasteiger partial charge in [0.25, 0.3) is 5.78 Å². The maximum Gasteiger partial charge on any atom is 0.292 e. The van der Waals surface area contributed by atoms with E-state index >= 15 is 0 Å². The predicted octanol–water partition coefficient (Wildman–Crippen LogP) is 0.265. The van der Waals surface area contributed by atoms with Crippen LogP contribution in [0.1, 0.15) is 16.1 Å². The molecule has 18 heavy (non-hydrogen) atoms. The molecule has 0 unspecified atom stereocenters. The van der Waals surface area contributed by atoms with Crippen LogP contribution in [-0.2, 0) is 0 Å². The van der Waals surface area contributed by atoms with E-state index in [1.54, 1.807) is 0 Å². The number of ketones is 1. The minimum Gasteiger partial charge on any atom is -0.287 e. The van der Waals surface area contributed by atoms with Gasteiger partial charge in [0.15, 0.2) is 0 Å². The zero-order chi connectivity index (χ0) is 12.3. The fourth-order valence-electron chi connectivity index (χ4n) is 1.98. The second-order valence-corrected chi connectivity index (χ2v) is 3.80. The summed E-state index contributed by atoms with van der Waals surface area (Å²) in [6.45, 7) is 0. The highest BCUT2D eigenvalue weighted by Crippen LogP contribution is 2.33. The van der Waals surface area contributed by atoms with E-state index in [1.165, 1.54) is 18.2 Å². The number of carbonyl (C=O) groups excluding carboxylic acids is 1. The Kier molecular flexibility index (Phi) is 1.50. The van der Waals surface area contributed by atoms with Crippen molar-refractivity contribution in [3.8, 4) is 11.3 Å². The molecule has 0 fully saturated rings. The van der Waals surface area contributed by atoms with Crippen molar-refractivity contribution in [3.63, 3.8) is 0 Å². The van der Waals surface area contributed by atoms with Gasteiger partial charge in [-0.15, -0.1) is 5.10 Å². The number of hydrogen-bond donors (Lipinski definition) is 0. The largest absolute Gasteiger partial charge is 0.292 e. The first-order chi connectivity index (χ1) is 8.74. The first kappa shape index (κ1) is 9.28. The third-order valence-electron chi connectivity index (χ3n) is 2.77. The molecular weight excluding hydrogens is 239 g/mol. The number of hydrogen-bond acceptors (Lipinski definition) is 6. The molecule has 7 nitrogen and oxygen atoms in total. The van der Waals surface area contributed by atoms with Crippen LogP contribution in [0.3, 0.4) is 0 Å². The van der Waals surface area contributed by atoms with E-state index in [9.17, 15) is 9.18 Å². The summed E-state index contributed by atoms with van der Waals surface area (Å²) in [5, 5.41) is 14.7. The molecule has 0 saturated carbocycles. The van der Waals surface area contributed by atoms with Gasteiger partial charge in [-0.3, -0.25) is 4.79 Å². The van der Waals surface area contributed by atoms with Crippen molar-refractivity contribution >= 4 is 11.6 Å². The third-order valence-corrected chi connectivity index (χ3v) is 2.77. The van der Waals surface area contributed by atoms with Crippen LogP contribution >= 0.6 is 0 Å². The molecule has 0 amide bonds. The number of benzene rings is 1. The first-order valence-corrected chi connectivity index (χ1v) is 5.05. The fraction of sp³-hybridized carbons (Fsp3) is 0. The molecule has 0 spiro atoms. The maximum absolute atomic E-state index is 13.1. The van der Waals surface area contributed by atoms with E-state index in [4.69, 9.17) is 0 Å². The number of rotatable bonds is 0. The van der Waals surface area contributed by atoms with E-state index in [1.807, 2.05) is 0 Å². The monoisotopic (exact) mass is 242 g/mol. The Morgan fingerprint density at radius 2 is 2.06 bits per heavy atom. The molecular formula is C10H3FN6O. The topological polar surface area (TPSA) is 85.9 Å². The summed E-state index contributed by atoms with van der Waals surface area (Å²) in [7, 11) is 0. The van der Waals surface area contributed by atoms with E-state index in [0.717, 1.165) is 4.63 Å². The van der Waals surface area contributed by atoms with Gasteiger partial charge in [0.1, 0.15) is 17.2 Å². The van der Waals surface area contributed by atoms with Crippen molar-refractivity contribution in [1.82, 2.24) is 30.2 Å². The Morgan fingerprint density at radius 3 is 2.94 bits per heavy atom. The number of nitrogens with zero attached hydrogens (tertiary/aromatic N) is 6. The van der Waals surface area contributed by atoms with Crippen LogP contribution in [0.25, 0.3) is 17.0 Å². The molecule has 0 radical (unpaired) electrons. The molecule has 4 rings (SSSR count).